The smallest absolute Gasteiger partial charge is 0.306 e. The van der Waals surface area contributed by atoms with Gasteiger partial charge in [0.05, 0.1) is 33.8 Å². The summed E-state index contributed by atoms with van der Waals surface area (Å²) in [6.07, 6.45) is 70.8. The number of ether oxygens (including phenoxy) is 1. The van der Waals surface area contributed by atoms with E-state index in [0.29, 0.717) is 23.9 Å². The minimum atomic E-state index is -4.72. The molecular weight excluding hydrogens is 940 g/mol. The Morgan fingerprint density at radius 1 is 0.473 bits per heavy atom. The number of carbonyl (C=O) groups is 2. The molecule has 426 valence electrons. The Kier molecular flexibility index (Phi) is 51.1. The second-order valence-corrected chi connectivity index (χ2v) is 22.6. The van der Waals surface area contributed by atoms with Crippen LogP contribution in [0.25, 0.3) is 0 Å². The average Bonchev–Trinajstić information content (AvgIpc) is 3.36. The summed E-state index contributed by atoms with van der Waals surface area (Å²) >= 11 is 0. The van der Waals surface area contributed by atoms with Crippen LogP contribution in [-0.4, -0.2) is 69.4 Å². The molecule has 3 atom stereocenters. The number of hydrogen-bond donors (Lipinski definition) is 1. The third-order valence-corrected chi connectivity index (χ3v) is 13.7. The Hall–Kier alpha value is -3.07. The van der Waals surface area contributed by atoms with E-state index < -0.39 is 26.6 Å². The molecule has 0 saturated heterocycles. The number of nitrogens with one attached hydrogen (secondary N) is 1. The van der Waals surface area contributed by atoms with E-state index in [1.54, 1.807) is 0 Å². The average molecular weight is 1050 g/mol. The zero-order chi connectivity index (χ0) is 54.3. The number of quaternary nitrogens is 1. The van der Waals surface area contributed by atoms with Crippen LogP contribution in [0.15, 0.2) is 97.2 Å². The Morgan fingerprint density at radius 2 is 0.824 bits per heavy atom. The van der Waals surface area contributed by atoms with Gasteiger partial charge in [0, 0.05) is 12.8 Å². The largest absolute Gasteiger partial charge is 0.756 e. The lowest BCUT2D eigenvalue weighted by atomic mass is 10.1. The summed E-state index contributed by atoms with van der Waals surface area (Å²) in [6, 6.07) is -0.919. The zero-order valence-electron chi connectivity index (χ0n) is 48.5. The molecule has 0 aromatic rings. The van der Waals surface area contributed by atoms with Crippen molar-refractivity contribution in [2.45, 2.75) is 258 Å². The molecule has 10 heteroatoms. The van der Waals surface area contributed by atoms with Crippen LogP contribution < -0.4 is 10.2 Å². The van der Waals surface area contributed by atoms with E-state index in [1.807, 2.05) is 33.3 Å². The monoisotopic (exact) mass is 1050 g/mol. The third-order valence-electron chi connectivity index (χ3n) is 12.7. The second-order valence-electron chi connectivity index (χ2n) is 21.1. The van der Waals surface area contributed by atoms with Crippen LogP contribution >= 0.6 is 7.82 Å². The van der Waals surface area contributed by atoms with Gasteiger partial charge < -0.3 is 28.5 Å². The molecule has 0 aromatic heterocycles. The van der Waals surface area contributed by atoms with Crippen molar-refractivity contribution in [3.63, 3.8) is 0 Å². The molecule has 0 aromatic carbocycles. The normalized spacial score (nSPS) is 14.4. The van der Waals surface area contributed by atoms with E-state index in [4.69, 9.17) is 13.8 Å². The van der Waals surface area contributed by atoms with Crippen molar-refractivity contribution >= 4 is 19.7 Å². The molecule has 0 bridgehead atoms. The third kappa shape index (κ3) is 53.7. The maximum Gasteiger partial charge on any atom is 0.306 e. The fourth-order valence-corrected chi connectivity index (χ4v) is 8.76. The molecule has 0 rings (SSSR count). The van der Waals surface area contributed by atoms with Gasteiger partial charge in [0.2, 0.25) is 5.91 Å². The van der Waals surface area contributed by atoms with Crippen LogP contribution in [0.1, 0.15) is 245 Å². The molecule has 0 radical (unpaired) electrons. The SMILES string of the molecule is CCCCC/C=C\C/C=C\C/C=C\C/C=C\CCCCCC(=O)NC(COP(=O)([O-])OCC[N+](C)(C)C)C(/C=C/CCCCCCCCCCCC)OC(=O)CCCCCC/C=C\C/C=C\C/C=C\CCCCC. The standard InChI is InChI=1S/C64H113N2O7P/c1-7-10-13-16-19-22-25-28-30-32-33-35-36-38-41-44-47-50-53-56-63(67)65-61(60-72-74(69,70)71-59-58-66(4,5)6)62(55-52-49-46-43-40-27-24-21-18-15-12-9-3)73-64(68)57-54-51-48-45-42-39-37-34-31-29-26-23-20-17-14-11-8-2/h19-20,22-23,28-31,33,35,37-39,41,52,55,61-62H,7-18,21,24-27,32,34,36,40,42-51,53-54,56-60H2,1-6H3,(H-,65,67,69,70)/b22-19-,23-20-,30-28-,31-29-,35-33-,39-37-,41-38-,55-52+. The van der Waals surface area contributed by atoms with Gasteiger partial charge >= 0.3 is 5.97 Å². The highest BCUT2D eigenvalue weighted by Gasteiger charge is 2.27. The summed E-state index contributed by atoms with van der Waals surface area (Å²) < 4.78 is 30.2. The number of rotatable bonds is 53. The highest BCUT2D eigenvalue weighted by atomic mass is 31.2. The molecule has 1 amide bonds. The van der Waals surface area contributed by atoms with Crippen molar-refractivity contribution in [1.29, 1.82) is 0 Å². The Labute approximate surface area is 456 Å². The number of phosphoric ester groups is 1. The summed E-state index contributed by atoms with van der Waals surface area (Å²) in [7, 11) is 1.14. The second kappa shape index (κ2) is 53.3. The number of nitrogens with zero attached hydrogens (tertiary/aromatic N) is 1. The van der Waals surface area contributed by atoms with Crippen molar-refractivity contribution in [2.24, 2.45) is 0 Å². The van der Waals surface area contributed by atoms with Crippen molar-refractivity contribution in [2.75, 3.05) is 40.9 Å². The fourth-order valence-electron chi connectivity index (χ4n) is 8.04. The zero-order valence-corrected chi connectivity index (χ0v) is 49.4. The maximum absolute atomic E-state index is 13.5. The summed E-state index contributed by atoms with van der Waals surface area (Å²) in [5.41, 5.74) is 0. The van der Waals surface area contributed by atoms with Gasteiger partial charge in [-0.3, -0.25) is 14.2 Å². The highest BCUT2D eigenvalue weighted by molar-refractivity contribution is 7.45. The van der Waals surface area contributed by atoms with E-state index in [2.05, 4.69) is 111 Å². The van der Waals surface area contributed by atoms with Crippen LogP contribution in [0.5, 0.6) is 0 Å². The minimum absolute atomic E-state index is 0.0372. The molecule has 0 heterocycles. The maximum atomic E-state index is 13.5. The van der Waals surface area contributed by atoms with Crippen molar-refractivity contribution in [3.05, 3.63) is 97.2 Å². The Balaban J connectivity index is 5.42. The quantitative estimate of drug-likeness (QED) is 0.0212. The van der Waals surface area contributed by atoms with Crippen LogP contribution in [0.2, 0.25) is 0 Å². The molecule has 0 aliphatic carbocycles. The van der Waals surface area contributed by atoms with Crippen molar-refractivity contribution < 1.29 is 37.3 Å². The molecule has 0 aliphatic rings. The first-order chi connectivity index (χ1) is 35.9. The van der Waals surface area contributed by atoms with Crippen LogP contribution in [0.4, 0.5) is 0 Å². The molecule has 0 aliphatic heterocycles. The highest BCUT2D eigenvalue weighted by Crippen LogP contribution is 2.38. The van der Waals surface area contributed by atoms with E-state index >= 15 is 0 Å². The number of allylic oxidation sites excluding steroid dienone is 15. The van der Waals surface area contributed by atoms with Gasteiger partial charge in [0.15, 0.2) is 0 Å². The number of amides is 1. The number of phosphoric acid groups is 1. The molecule has 0 fully saturated rings. The number of carbonyl (C=O) groups excluding carboxylic acids is 2. The van der Waals surface area contributed by atoms with Crippen LogP contribution in [0, 0.1) is 0 Å². The summed E-state index contributed by atoms with van der Waals surface area (Å²) in [4.78, 5) is 39.9. The lowest BCUT2D eigenvalue weighted by molar-refractivity contribution is -0.870. The Bertz CT molecular complexity index is 1590. The van der Waals surface area contributed by atoms with Gasteiger partial charge in [-0.25, -0.2) is 0 Å². The van der Waals surface area contributed by atoms with Crippen molar-refractivity contribution in [1.82, 2.24) is 5.32 Å². The molecule has 9 nitrogen and oxygen atoms in total. The summed E-state index contributed by atoms with van der Waals surface area (Å²) in [6.45, 7) is 6.73. The summed E-state index contributed by atoms with van der Waals surface area (Å²) in [5, 5.41) is 3.00. The van der Waals surface area contributed by atoms with E-state index in [9.17, 15) is 19.0 Å². The van der Waals surface area contributed by atoms with Gasteiger partial charge in [-0.1, -0.05) is 215 Å². The van der Waals surface area contributed by atoms with Gasteiger partial charge in [0.25, 0.3) is 7.82 Å². The lowest BCUT2D eigenvalue weighted by Crippen LogP contribution is -2.47. The van der Waals surface area contributed by atoms with E-state index in [1.165, 1.54) is 103 Å². The Morgan fingerprint density at radius 3 is 1.27 bits per heavy atom. The first-order valence-corrected chi connectivity index (χ1v) is 31.5. The number of esters is 1. The molecule has 3 unspecified atom stereocenters. The molecule has 1 N–H and O–H groups in total. The van der Waals surface area contributed by atoms with Gasteiger partial charge in [0.1, 0.15) is 19.3 Å². The van der Waals surface area contributed by atoms with Gasteiger partial charge in [-0.15, -0.1) is 0 Å². The topological polar surface area (TPSA) is 114 Å². The number of hydrogen-bond acceptors (Lipinski definition) is 7. The lowest BCUT2D eigenvalue weighted by Gasteiger charge is -2.30. The van der Waals surface area contributed by atoms with E-state index in [-0.39, 0.29) is 31.3 Å². The number of likely N-dealkylation sites (N-methyl/N-ethyl adjacent to an activating group) is 1. The fraction of sp³-hybridized carbons (Fsp3) is 0.719. The van der Waals surface area contributed by atoms with Crippen LogP contribution in [0.3, 0.4) is 0 Å². The number of unbranched alkanes of at least 4 members (excludes halogenated alkanes) is 23. The van der Waals surface area contributed by atoms with Crippen LogP contribution in [-0.2, 0) is 27.9 Å². The van der Waals surface area contributed by atoms with Gasteiger partial charge in [-0.2, -0.15) is 0 Å². The predicted molar refractivity (Wildman–Crippen MR) is 316 cm³/mol. The van der Waals surface area contributed by atoms with Crippen molar-refractivity contribution in [3.8, 4) is 0 Å². The summed E-state index contributed by atoms with van der Waals surface area (Å²) in [5.74, 6) is -0.607. The van der Waals surface area contributed by atoms with E-state index in [0.717, 1.165) is 96.3 Å². The molecule has 0 saturated carbocycles. The molecule has 0 spiro atoms. The minimum Gasteiger partial charge on any atom is -0.756 e. The molecular formula is C64H113N2O7P. The van der Waals surface area contributed by atoms with Gasteiger partial charge in [-0.05, 0) is 115 Å². The first-order valence-electron chi connectivity index (χ1n) is 30.0. The first kappa shape index (κ1) is 70.9. The predicted octanol–water partition coefficient (Wildman–Crippen LogP) is 17.8. The molecule has 74 heavy (non-hydrogen) atoms.